The first kappa shape index (κ1) is 14.3. The molecular formula is C16H23NO2. The molecule has 0 fully saturated rings. The topological polar surface area (TPSA) is 41.5 Å². The molecule has 1 aromatic rings. The lowest BCUT2D eigenvalue weighted by Gasteiger charge is -2.17. The highest BCUT2D eigenvalue weighted by molar-refractivity contribution is 5.25. The van der Waals surface area contributed by atoms with Crippen molar-refractivity contribution in [3.63, 3.8) is 0 Å². The van der Waals surface area contributed by atoms with Gasteiger partial charge in [-0.2, -0.15) is 0 Å². The number of ether oxygens (including phenoxy) is 1. The van der Waals surface area contributed by atoms with E-state index in [1.165, 1.54) is 11.1 Å². The number of aliphatic hydroxyl groups excluding tert-OH is 1. The smallest absolute Gasteiger partial charge is 0.0681 e. The quantitative estimate of drug-likeness (QED) is 0.773. The number of nitrogens with one attached hydrogen (secondary N) is 1. The van der Waals surface area contributed by atoms with Gasteiger partial charge < -0.3 is 15.2 Å². The summed E-state index contributed by atoms with van der Waals surface area (Å²) in [7, 11) is 0. The molecule has 0 radical (unpaired) electrons. The zero-order valence-corrected chi connectivity index (χ0v) is 11.6. The second-order valence-electron chi connectivity index (χ2n) is 5.02. The van der Waals surface area contributed by atoms with Crippen molar-refractivity contribution in [1.29, 1.82) is 0 Å². The van der Waals surface area contributed by atoms with Crippen LogP contribution in [0.3, 0.4) is 0 Å². The highest BCUT2D eigenvalue weighted by Crippen LogP contribution is 2.16. The van der Waals surface area contributed by atoms with Crippen LogP contribution in [-0.4, -0.2) is 24.9 Å². The normalized spacial score (nSPS) is 17.1. The van der Waals surface area contributed by atoms with Gasteiger partial charge in [-0.15, -0.1) is 0 Å². The number of benzene rings is 1. The molecule has 1 aromatic carbocycles. The van der Waals surface area contributed by atoms with Crippen LogP contribution in [0.1, 0.15) is 36.9 Å². The Morgan fingerprint density at radius 3 is 3.05 bits per heavy atom. The van der Waals surface area contributed by atoms with E-state index in [2.05, 4.69) is 30.4 Å². The van der Waals surface area contributed by atoms with Crippen molar-refractivity contribution in [2.24, 2.45) is 0 Å². The molecule has 0 aromatic heterocycles. The molecule has 0 amide bonds. The Hall–Kier alpha value is -1.16. The molecule has 1 unspecified atom stereocenters. The summed E-state index contributed by atoms with van der Waals surface area (Å²) in [6.45, 7) is 4.88. The van der Waals surface area contributed by atoms with Gasteiger partial charge in [0.25, 0.3) is 0 Å². The third-order valence-corrected chi connectivity index (χ3v) is 3.59. The van der Waals surface area contributed by atoms with Crippen molar-refractivity contribution in [3.8, 4) is 0 Å². The van der Waals surface area contributed by atoms with Crippen LogP contribution in [0, 0.1) is 0 Å². The minimum absolute atomic E-state index is 0.105. The van der Waals surface area contributed by atoms with E-state index >= 15 is 0 Å². The van der Waals surface area contributed by atoms with Gasteiger partial charge >= 0.3 is 0 Å². The monoisotopic (exact) mass is 261 g/mol. The van der Waals surface area contributed by atoms with E-state index in [1.54, 1.807) is 0 Å². The van der Waals surface area contributed by atoms with Crippen LogP contribution in [0.25, 0.3) is 0 Å². The largest absolute Gasteiger partial charge is 0.392 e. The van der Waals surface area contributed by atoms with Crippen molar-refractivity contribution in [2.45, 2.75) is 32.4 Å². The van der Waals surface area contributed by atoms with Crippen molar-refractivity contribution < 1.29 is 9.84 Å². The van der Waals surface area contributed by atoms with Gasteiger partial charge in [-0.3, -0.25) is 0 Å². The number of hydrogen-bond acceptors (Lipinski definition) is 3. The second kappa shape index (κ2) is 7.43. The molecule has 19 heavy (non-hydrogen) atoms. The fourth-order valence-corrected chi connectivity index (χ4v) is 2.32. The van der Waals surface area contributed by atoms with Gasteiger partial charge in [0.05, 0.1) is 19.8 Å². The standard InChI is InChI=1S/C16H23NO2/c1-13(16-4-2-3-15(11-16)12-18)17-8-5-14-6-9-19-10-7-14/h2-4,6,11,13,17-18H,5,7-10,12H2,1H3. The van der Waals surface area contributed by atoms with Crippen molar-refractivity contribution in [3.05, 3.63) is 47.0 Å². The van der Waals surface area contributed by atoms with E-state index in [-0.39, 0.29) is 6.61 Å². The summed E-state index contributed by atoms with van der Waals surface area (Å²) in [5, 5.41) is 12.7. The summed E-state index contributed by atoms with van der Waals surface area (Å²) in [4.78, 5) is 0. The van der Waals surface area contributed by atoms with Crippen molar-refractivity contribution in [2.75, 3.05) is 19.8 Å². The molecule has 104 valence electrons. The Labute approximate surface area is 115 Å². The van der Waals surface area contributed by atoms with Crippen molar-refractivity contribution >= 4 is 0 Å². The third kappa shape index (κ3) is 4.46. The summed E-state index contributed by atoms with van der Waals surface area (Å²) in [5.74, 6) is 0. The Kier molecular flexibility index (Phi) is 5.58. The molecule has 0 aliphatic carbocycles. The molecule has 1 atom stereocenters. The highest BCUT2D eigenvalue weighted by Gasteiger charge is 2.07. The molecule has 0 bridgehead atoms. The Morgan fingerprint density at radius 2 is 2.32 bits per heavy atom. The predicted molar refractivity (Wildman–Crippen MR) is 76.9 cm³/mol. The van der Waals surface area contributed by atoms with E-state index in [0.717, 1.165) is 38.2 Å². The fraction of sp³-hybridized carbons (Fsp3) is 0.500. The zero-order chi connectivity index (χ0) is 13.5. The van der Waals surface area contributed by atoms with E-state index < -0.39 is 0 Å². The van der Waals surface area contributed by atoms with E-state index in [1.807, 2.05) is 12.1 Å². The van der Waals surface area contributed by atoms with Crippen LogP contribution < -0.4 is 5.32 Å². The number of aliphatic hydroxyl groups is 1. The van der Waals surface area contributed by atoms with Crippen LogP contribution in [-0.2, 0) is 11.3 Å². The molecule has 1 aliphatic rings. The maximum absolute atomic E-state index is 9.15. The summed E-state index contributed by atoms with van der Waals surface area (Å²) >= 11 is 0. The Bertz CT molecular complexity index is 429. The second-order valence-corrected chi connectivity index (χ2v) is 5.02. The molecular weight excluding hydrogens is 238 g/mol. The van der Waals surface area contributed by atoms with Gasteiger partial charge in [0.15, 0.2) is 0 Å². The van der Waals surface area contributed by atoms with E-state index in [0.29, 0.717) is 6.04 Å². The van der Waals surface area contributed by atoms with Crippen LogP contribution in [0.15, 0.2) is 35.9 Å². The molecule has 0 spiro atoms. The van der Waals surface area contributed by atoms with Crippen LogP contribution in [0.2, 0.25) is 0 Å². The maximum atomic E-state index is 9.15. The fourth-order valence-electron chi connectivity index (χ4n) is 2.32. The molecule has 0 saturated heterocycles. The minimum Gasteiger partial charge on any atom is -0.392 e. The van der Waals surface area contributed by atoms with E-state index in [4.69, 9.17) is 9.84 Å². The van der Waals surface area contributed by atoms with Gasteiger partial charge in [0, 0.05) is 6.04 Å². The lowest BCUT2D eigenvalue weighted by molar-refractivity contribution is 0.153. The van der Waals surface area contributed by atoms with Gasteiger partial charge in [-0.25, -0.2) is 0 Å². The molecule has 3 nitrogen and oxygen atoms in total. The zero-order valence-electron chi connectivity index (χ0n) is 11.6. The number of rotatable bonds is 6. The lowest BCUT2D eigenvalue weighted by atomic mass is 10.0. The average molecular weight is 261 g/mol. The third-order valence-electron chi connectivity index (χ3n) is 3.59. The van der Waals surface area contributed by atoms with Gasteiger partial charge in [0.2, 0.25) is 0 Å². The van der Waals surface area contributed by atoms with Crippen LogP contribution in [0.4, 0.5) is 0 Å². The summed E-state index contributed by atoms with van der Waals surface area (Å²) in [6, 6.07) is 8.42. The van der Waals surface area contributed by atoms with Crippen LogP contribution >= 0.6 is 0 Å². The lowest BCUT2D eigenvalue weighted by Crippen LogP contribution is -2.21. The molecule has 2 N–H and O–H groups in total. The van der Waals surface area contributed by atoms with Gasteiger partial charge in [-0.1, -0.05) is 35.9 Å². The average Bonchev–Trinajstić information content (AvgIpc) is 2.48. The molecule has 1 aliphatic heterocycles. The first-order chi connectivity index (χ1) is 9.29. The summed E-state index contributed by atoms with van der Waals surface area (Å²) < 4.78 is 5.30. The molecule has 0 saturated carbocycles. The minimum atomic E-state index is 0.105. The highest BCUT2D eigenvalue weighted by atomic mass is 16.5. The molecule has 2 rings (SSSR count). The maximum Gasteiger partial charge on any atom is 0.0681 e. The molecule has 3 heteroatoms. The first-order valence-electron chi connectivity index (χ1n) is 6.98. The van der Waals surface area contributed by atoms with Gasteiger partial charge in [-0.05, 0) is 37.4 Å². The SMILES string of the molecule is CC(NCCC1=CCOCC1)c1cccc(CO)c1. The van der Waals surface area contributed by atoms with E-state index in [9.17, 15) is 0 Å². The summed E-state index contributed by atoms with van der Waals surface area (Å²) in [5.41, 5.74) is 3.70. The number of hydrogen-bond donors (Lipinski definition) is 2. The predicted octanol–water partition coefficient (Wildman–Crippen LogP) is 2.57. The van der Waals surface area contributed by atoms with Crippen LogP contribution in [0.5, 0.6) is 0 Å². The Morgan fingerprint density at radius 1 is 1.42 bits per heavy atom. The van der Waals surface area contributed by atoms with Gasteiger partial charge in [0.1, 0.15) is 0 Å². The molecule has 1 heterocycles. The summed E-state index contributed by atoms with van der Waals surface area (Å²) in [6.07, 6.45) is 4.35. The van der Waals surface area contributed by atoms with Crippen molar-refractivity contribution in [1.82, 2.24) is 5.32 Å². The first-order valence-corrected chi connectivity index (χ1v) is 6.98. The Balaban J connectivity index is 1.80.